The van der Waals surface area contributed by atoms with Gasteiger partial charge in [-0.25, -0.2) is 4.79 Å². The predicted molar refractivity (Wildman–Crippen MR) is 182 cm³/mol. The third-order valence-corrected chi connectivity index (χ3v) is 10.9. The predicted octanol–water partition coefficient (Wildman–Crippen LogP) is 4.65. The number of esters is 2. The monoisotopic (exact) mass is 694 g/mol. The van der Waals surface area contributed by atoms with E-state index in [0.29, 0.717) is 30.6 Å². The van der Waals surface area contributed by atoms with Gasteiger partial charge in [-0.05, 0) is 49.5 Å². The van der Waals surface area contributed by atoms with E-state index in [0.717, 1.165) is 19.6 Å². The summed E-state index contributed by atoms with van der Waals surface area (Å²) in [7, 11) is 2.44. The van der Waals surface area contributed by atoms with Crippen molar-refractivity contribution in [2.24, 2.45) is 16.8 Å². The van der Waals surface area contributed by atoms with Crippen LogP contribution in [0, 0.1) is 11.8 Å². The van der Waals surface area contributed by atoms with E-state index in [1.54, 1.807) is 53.4 Å². The number of piperidine rings is 3. The Hall–Kier alpha value is -3.57. The number of fused-ring (bicyclic) bond motifs is 3. The fourth-order valence-electron chi connectivity index (χ4n) is 7.79. The first-order chi connectivity index (χ1) is 23.2. The molecule has 0 N–H and O–H groups in total. The molecule has 10 nitrogen and oxygen atoms in total. The molecule has 5 heterocycles. The van der Waals surface area contributed by atoms with Crippen LogP contribution in [0.1, 0.15) is 47.5 Å². The Labute approximate surface area is 290 Å². The average Bonchev–Trinajstić information content (AvgIpc) is 3.11. The Morgan fingerprint density at radius 1 is 0.833 bits per heavy atom. The minimum Gasteiger partial charge on any atom is -0.468 e. The van der Waals surface area contributed by atoms with Gasteiger partial charge in [-0.1, -0.05) is 59.6 Å². The van der Waals surface area contributed by atoms with Gasteiger partial charge in [-0.3, -0.25) is 24.3 Å². The van der Waals surface area contributed by atoms with Gasteiger partial charge in [0.15, 0.2) is 5.78 Å². The molecule has 3 atom stereocenters. The summed E-state index contributed by atoms with van der Waals surface area (Å²) < 4.78 is 10.4. The van der Waals surface area contributed by atoms with Gasteiger partial charge in [-0.2, -0.15) is 0 Å². The molecular formula is C36H40Cl2N4O6. The third-order valence-electron chi connectivity index (χ3n) is 10.3. The number of carbonyl (C=O) groups excluding carboxylic acids is 4. The average molecular weight is 696 g/mol. The van der Waals surface area contributed by atoms with Crippen molar-refractivity contribution in [1.82, 2.24) is 14.7 Å². The van der Waals surface area contributed by atoms with Crippen molar-refractivity contribution in [3.05, 3.63) is 81.0 Å². The van der Waals surface area contributed by atoms with Crippen molar-refractivity contribution in [2.45, 2.75) is 37.6 Å². The number of rotatable bonds is 9. The summed E-state index contributed by atoms with van der Waals surface area (Å²) in [4.78, 5) is 66.3. The maximum Gasteiger partial charge on any atom is 0.336 e. The fraction of sp³-hybridized carbons (Fsp3) is 0.472. The first-order valence-electron chi connectivity index (χ1n) is 16.4. The van der Waals surface area contributed by atoms with Crippen LogP contribution in [0.25, 0.3) is 0 Å². The number of allylic oxidation sites excluding steroid dienone is 1. The lowest BCUT2D eigenvalue weighted by molar-refractivity contribution is -0.143. The molecule has 0 aromatic heterocycles. The number of ketones is 1. The number of benzene rings is 2. The largest absolute Gasteiger partial charge is 0.468 e. The van der Waals surface area contributed by atoms with Gasteiger partial charge < -0.3 is 19.3 Å². The summed E-state index contributed by atoms with van der Waals surface area (Å²) >= 11 is 13.4. The van der Waals surface area contributed by atoms with E-state index in [2.05, 4.69) is 9.80 Å². The molecule has 5 aliphatic heterocycles. The van der Waals surface area contributed by atoms with Crippen molar-refractivity contribution < 1.29 is 28.7 Å². The lowest BCUT2D eigenvalue weighted by atomic mass is 9.73. The Bertz CT molecular complexity index is 1610. The molecule has 48 heavy (non-hydrogen) atoms. The highest BCUT2D eigenvalue weighted by Crippen LogP contribution is 2.46. The summed E-state index contributed by atoms with van der Waals surface area (Å²) in [5.41, 5.74) is 0.940. The van der Waals surface area contributed by atoms with Crippen molar-refractivity contribution in [1.29, 1.82) is 0 Å². The summed E-state index contributed by atoms with van der Waals surface area (Å²) in [6, 6.07) is 14.0. The number of carbonyl (C=O) groups is 4. The highest BCUT2D eigenvalue weighted by atomic mass is 35.5. The van der Waals surface area contributed by atoms with E-state index in [9.17, 15) is 19.2 Å². The summed E-state index contributed by atoms with van der Waals surface area (Å²) in [6.45, 7) is 6.09. The van der Waals surface area contributed by atoms with E-state index < -0.39 is 23.8 Å². The van der Waals surface area contributed by atoms with Gasteiger partial charge >= 0.3 is 11.9 Å². The number of aliphatic imine (C=N–C) groups is 1. The molecule has 4 saturated heterocycles. The maximum absolute atomic E-state index is 14.0. The van der Waals surface area contributed by atoms with Crippen LogP contribution in [0.4, 0.5) is 0 Å². The van der Waals surface area contributed by atoms with Crippen molar-refractivity contribution in [3.63, 3.8) is 0 Å². The normalized spacial score (nSPS) is 25.8. The van der Waals surface area contributed by atoms with Crippen molar-refractivity contribution in [2.75, 3.05) is 60.0 Å². The van der Waals surface area contributed by atoms with E-state index in [4.69, 9.17) is 37.7 Å². The number of hydrogen-bond acceptors (Lipinski definition) is 9. The van der Waals surface area contributed by atoms with Crippen LogP contribution in [0.5, 0.6) is 0 Å². The molecule has 12 heteroatoms. The van der Waals surface area contributed by atoms with Crippen LogP contribution >= 0.6 is 23.2 Å². The van der Waals surface area contributed by atoms with Crippen LogP contribution in [0.2, 0.25) is 10.0 Å². The highest BCUT2D eigenvalue weighted by Gasteiger charge is 2.47. The lowest BCUT2D eigenvalue weighted by Gasteiger charge is -2.51. The van der Waals surface area contributed by atoms with Gasteiger partial charge in [-0.15, -0.1) is 0 Å². The molecule has 2 bridgehead atoms. The maximum atomic E-state index is 14.0. The summed E-state index contributed by atoms with van der Waals surface area (Å²) in [5, 5.41) is 0.404. The zero-order chi connectivity index (χ0) is 33.9. The minimum absolute atomic E-state index is 0.0329. The molecule has 7 rings (SSSR count). The lowest BCUT2D eigenvalue weighted by Crippen LogP contribution is -2.61. The molecule has 4 fully saturated rings. The van der Waals surface area contributed by atoms with Crippen LogP contribution in [-0.2, 0) is 23.9 Å². The van der Waals surface area contributed by atoms with Gasteiger partial charge in [0.2, 0.25) is 5.91 Å². The Kier molecular flexibility index (Phi) is 10.6. The number of amides is 1. The van der Waals surface area contributed by atoms with Crippen LogP contribution in [0.3, 0.4) is 0 Å². The van der Waals surface area contributed by atoms with Gasteiger partial charge in [0, 0.05) is 66.0 Å². The number of ether oxygens (including phenoxy) is 2. The number of methoxy groups -OCH3 is 2. The Morgan fingerprint density at radius 2 is 1.50 bits per heavy atom. The fourth-order valence-corrected chi connectivity index (χ4v) is 8.43. The molecule has 3 unspecified atom stereocenters. The quantitative estimate of drug-likeness (QED) is 0.276. The van der Waals surface area contributed by atoms with E-state index in [-0.39, 0.29) is 57.1 Å². The molecule has 0 saturated carbocycles. The third kappa shape index (κ3) is 6.94. The number of hydrogen-bond donors (Lipinski definition) is 0. The van der Waals surface area contributed by atoms with Crippen molar-refractivity contribution in [3.8, 4) is 0 Å². The topological polar surface area (TPSA) is 109 Å². The Balaban J connectivity index is 1.34. The smallest absolute Gasteiger partial charge is 0.336 e. The van der Waals surface area contributed by atoms with E-state index >= 15 is 0 Å². The first-order valence-corrected chi connectivity index (χ1v) is 17.2. The molecule has 0 radical (unpaired) electrons. The van der Waals surface area contributed by atoms with Crippen molar-refractivity contribution >= 4 is 52.5 Å². The summed E-state index contributed by atoms with van der Waals surface area (Å²) in [5.74, 6) is -3.66. The first kappa shape index (κ1) is 34.3. The van der Waals surface area contributed by atoms with Gasteiger partial charge in [0.1, 0.15) is 5.92 Å². The molecule has 2 aromatic rings. The van der Waals surface area contributed by atoms with Crippen LogP contribution < -0.4 is 0 Å². The number of Topliss-reactive ketones (excluding diaryl/α,β-unsaturated/α-hetero) is 1. The molecular weight excluding hydrogens is 655 g/mol. The minimum atomic E-state index is -1.23. The molecule has 2 aromatic carbocycles. The molecule has 0 aliphatic carbocycles. The number of piperazine rings is 1. The second-order valence-electron chi connectivity index (χ2n) is 12.8. The molecule has 0 spiro atoms. The highest BCUT2D eigenvalue weighted by molar-refractivity contribution is 6.36. The molecule has 1 amide bonds. The van der Waals surface area contributed by atoms with Crippen LogP contribution in [0.15, 0.2) is 64.8 Å². The van der Waals surface area contributed by atoms with E-state index in [1.807, 2.05) is 0 Å². The van der Waals surface area contributed by atoms with Crippen LogP contribution in [-0.4, -0.2) is 110 Å². The standard InChI is InChI=1S/C36H40Cl2N4O6/c1-47-35(45)32-26(19-29(43)23-7-4-3-5-8-23)39-27(33(36(46)48-2)34(32)31-24(37)9-6-10-25(31)38)20-30(44)42-17-15-41(16-18-42)28-21-40-13-11-22(28)12-14-40/h3-10,22,28,33-34H,11-21H2,1-2H3. The second kappa shape index (κ2) is 14.9. The second-order valence-corrected chi connectivity index (χ2v) is 13.6. The van der Waals surface area contributed by atoms with Gasteiger partial charge in [0.05, 0.1) is 38.3 Å². The zero-order valence-corrected chi connectivity index (χ0v) is 28.7. The summed E-state index contributed by atoms with van der Waals surface area (Å²) in [6.07, 6.45) is 1.96. The number of nitrogens with zero attached hydrogens (tertiary/aromatic N) is 4. The zero-order valence-electron chi connectivity index (χ0n) is 27.2. The SMILES string of the molecule is COC(=O)C1=C(CC(=O)c2ccccc2)N=C(CC(=O)N2CCN(C3CN4CCC3CC4)CC2)C(C(=O)OC)C1c1c(Cl)cccc1Cl. The number of halogens is 2. The molecule has 5 aliphatic rings. The Morgan fingerprint density at radius 3 is 2.08 bits per heavy atom. The van der Waals surface area contributed by atoms with Gasteiger partial charge in [0.25, 0.3) is 0 Å². The molecule has 254 valence electrons. The van der Waals surface area contributed by atoms with E-state index in [1.165, 1.54) is 40.2 Å².